The van der Waals surface area contributed by atoms with Gasteiger partial charge in [0.05, 0.1) is 4.88 Å². The smallest absolute Gasteiger partial charge is 0.242 e. The Bertz CT molecular complexity index is 1280. The maximum atomic E-state index is 13.5. The van der Waals surface area contributed by atoms with Crippen LogP contribution in [0.25, 0.3) is 10.7 Å². The van der Waals surface area contributed by atoms with Crippen LogP contribution in [0.3, 0.4) is 0 Å². The van der Waals surface area contributed by atoms with Crippen molar-refractivity contribution < 1.29 is 9.59 Å². The first-order chi connectivity index (χ1) is 16.1. The number of rotatable bonds is 8. The predicted octanol–water partition coefficient (Wildman–Crippen LogP) is 6.02. The van der Waals surface area contributed by atoms with Crippen LogP contribution in [0, 0.1) is 0 Å². The van der Waals surface area contributed by atoms with Crippen LogP contribution < -0.4 is 5.32 Å². The van der Waals surface area contributed by atoms with Crippen molar-refractivity contribution >= 4 is 40.5 Å². The molecule has 0 aliphatic heterocycles. The molecule has 1 saturated carbocycles. The zero-order chi connectivity index (χ0) is 22.8. The third-order valence-electron chi connectivity index (χ3n) is 5.42. The standard InChI is InChI=1S/C25H22N4O2S2/c1-16(30)18-9-5-10-19(15-18)26-24(31)22(17-7-3-2-4-8-17)33-25-28-27-23(21-11-6-14-32-21)29(25)20-12-13-20/h2-11,14-15,20,22H,12-13H2,1H3,(H,26,31)/t22-/m1/s1. The zero-order valence-corrected chi connectivity index (χ0v) is 19.6. The lowest BCUT2D eigenvalue weighted by atomic mass is 10.1. The number of hydrogen-bond acceptors (Lipinski definition) is 6. The maximum Gasteiger partial charge on any atom is 0.242 e. The van der Waals surface area contributed by atoms with Crippen LogP contribution in [0.15, 0.2) is 77.3 Å². The molecule has 0 unspecified atom stereocenters. The number of benzene rings is 2. The second kappa shape index (κ2) is 9.33. The average molecular weight is 475 g/mol. The molecule has 2 heterocycles. The molecular weight excluding hydrogens is 452 g/mol. The normalized spacial score (nSPS) is 14.1. The number of thiophene rings is 1. The van der Waals surface area contributed by atoms with Gasteiger partial charge in [-0.25, -0.2) is 0 Å². The Kier molecular flexibility index (Phi) is 6.11. The van der Waals surface area contributed by atoms with Crippen molar-refractivity contribution in [3.63, 3.8) is 0 Å². The maximum absolute atomic E-state index is 13.5. The molecular formula is C25H22N4O2S2. The van der Waals surface area contributed by atoms with E-state index in [9.17, 15) is 9.59 Å². The van der Waals surface area contributed by atoms with E-state index in [1.165, 1.54) is 18.7 Å². The lowest BCUT2D eigenvalue weighted by Crippen LogP contribution is -2.19. The first-order valence-electron chi connectivity index (χ1n) is 10.7. The van der Waals surface area contributed by atoms with Gasteiger partial charge in [-0.2, -0.15) is 0 Å². The van der Waals surface area contributed by atoms with Crippen LogP contribution in [0.1, 0.15) is 47.0 Å². The molecule has 5 rings (SSSR count). The van der Waals surface area contributed by atoms with Gasteiger partial charge >= 0.3 is 0 Å². The summed E-state index contributed by atoms with van der Waals surface area (Å²) >= 11 is 3.04. The average Bonchev–Trinajstić information content (AvgIpc) is 3.34. The number of nitrogens with zero attached hydrogens (tertiary/aromatic N) is 3. The fourth-order valence-corrected chi connectivity index (χ4v) is 5.44. The summed E-state index contributed by atoms with van der Waals surface area (Å²) in [5.41, 5.74) is 2.04. The number of ketones is 1. The molecule has 33 heavy (non-hydrogen) atoms. The van der Waals surface area contributed by atoms with Crippen molar-refractivity contribution in [3.05, 3.63) is 83.2 Å². The lowest BCUT2D eigenvalue weighted by molar-refractivity contribution is -0.115. The van der Waals surface area contributed by atoms with Crippen LogP contribution in [0.4, 0.5) is 5.69 Å². The Morgan fingerprint density at radius 3 is 2.58 bits per heavy atom. The summed E-state index contributed by atoms with van der Waals surface area (Å²) in [7, 11) is 0. The molecule has 4 aromatic rings. The number of amides is 1. The molecule has 8 heteroatoms. The van der Waals surface area contributed by atoms with E-state index in [0.29, 0.717) is 17.3 Å². The third-order valence-corrected chi connectivity index (χ3v) is 7.50. The van der Waals surface area contributed by atoms with Crippen LogP contribution in [0.2, 0.25) is 0 Å². The van der Waals surface area contributed by atoms with E-state index in [0.717, 1.165) is 34.3 Å². The minimum atomic E-state index is -0.523. The molecule has 1 fully saturated rings. The summed E-state index contributed by atoms with van der Waals surface area (Å²) in [6.45, 7) is 1.51. The van der Waals surface area contributed by atoms with E-state index in [4.69, 9.17) is 0 Å². The molecule has 1 amide bonds. The van der Waals surface area contributed by atoms with E-state index in [1.54, 1.807) is 35.6 Å². The minimum Gasteiger partial charge on any atom is -0.325 e. The predicted molar refractivity (Wildman–Crippen MR) is 132 cm³/mol. The van der Waals surface area contributed by atoms with Gasteiger partial charge in [-0.1, -0.05) is 60.3 Å². The van der Waals surface area contributed by atoms with Crippen molar-refractivity contribution in [2.45, 2.75) is 36.2 Å². The van der Waals surface area contributed by atoms with Gasteiger partial charge < -0.3 is 5.32 Å². The number of carbonyl (C=O) groups excluding carboxylic acids is 2. The number of thioether (sulfide) groups is 1. The number of carbonyl (C=O) groups is 2. The highest BCUT2D eigenvalue weighted by molar-refractivity contribution is 8.00. The topological polar surface area (TPSA) is 76.9 Å². The molecule has 1 N–H and O–H groups in total. The second-order valence-electron chi connectivity index (χ2n) is 7.92. The fraction of sp³-hybridized carbons (Fsp3) is 0.200. The van der Waals surface area contributed by atoms with E-state index in [2.05, 4.69) is 20.1 Å². The van der Waals surface area contributed by atoms with Crippen LogP contribution in [0.5, 0.6) is 0 Å². The molecule has 166 valence electrons. The van der Waals surface area contributed by atoms with Crippen molar-refractivity contribution in [3.8, 4) is 10.7 Å². The quantitative estimate of drug-likeness (QED) is 0.250. The second-order valence-corrected chi connectivity index (χ2v) is 9.94. The SMILES string of the molecule is CC(=O)c1cccc(NC(=O)[C@H](Sc2nnc(-c3cccs3)n2C2CC2)c2ccccc2)c1. The summed E-state index contributed by atoms with van der Waals surface area (Å²) in [4.78, 5) is 26.3. The van der Waals surface area contributed by atoms with Gasteiger partial charge in [-0.3, -0.25) is 14.2 Å². The van der Waals surface area contributed by atoms with Gasteiger partial charge in [-0.15, -0.1) is 21.5 Å². The van der Waals surface area contributed by atoms with Crippen molar-refractivity contribution in [2.75, 3.05) is 5.32 Å². The summed E-state index contributed by atoms with van der Waals surface area (Å²) in [6.07, 6.45) is 2.17. The minimum absolute atomic E-state index is 0.0428. The lowest BCUT2D eigenvalue weighted by Gasteiger charge is -2.17. The molecule has 1 atom stereocenters. The monoisotopic (exact) mass is 474 g/mol. The molecule has 0 radical (unpaired) electrons. The Hall–Kier alpha value is -3.23. The van der Waals surface area contributed by atoms with Crippen molar-refractivity contribution in [1.29, 1.82) is 0 Å². The number of hydrogen-bond donors (Lipinski definition) is 1. The fourth-order valence-electron chi connectivity index (χ4n) is 3.62. The molecule has 0 bridgehead atoms. The van der Waals surface area contributed by atoms with Crippen LogP contribution in [-0.4, -0.2) is 26.5 Å². The largest absolute Gasteiger partial charge is 0.325 e. The van der Waals surface area contributed by atoms with Gasteiger partial charge in [0.15, 0.2) is 16.8 Å². The Labute approximate surface area is 200 Å². The highest BCUT2D eigenvalue weighted by Crippen LogP contribution is 2.44. The Morgan fingerprint density at radius 2 is 1.88 bits per heavy atom. The number of aromatic nitrogens is 3. The summed E-state index contributed by atoms with van der Waals surface area (Å²) in [5, 5.41) is 14.2. The van der Waals surface area contributed by atoms with Crippen molar-refractivity contribution in [2.24, 2.45) is 0 Å². The summed E-state index contributed by atoms with van der Waals surface area (Å²) < 4.78 is 2.18. The highest BCUT2D eigenvalue weighted by atomic mass is 32.2. The molecule has 6 nitrogen and oxygen atoms in total. The van der Waals surface area contributed by atoms with Crippen molar-refractivity contribution in [1.82, 2.24) is 14.8 Å². The van der Waals surface area contributed by atoms with Gasteiger partial charge in [0.1, 0.15) is 5.25 Å². The molecule has 0 spiro atoms. The first-order valence-corrected chi connectivity index (χ1v) is 12.5. The van der Waals surface area contributed by atoms with Gasteiger partial charge in [-0.05, 0) is 48.9 Å². The third kappa shape index (κ3) is 4.77. The van der Waals surface area contributed by atoms with Crippen LogP contribution in [-0.2, 0) is 4.79 Å². The Morgan fingerprint density at radius 1 is 1.06 bits per heavy atom. The van der Waals surface area contributed by atoms with Crippen LogP contribution >= 0.6 is 23.1 Å². The number of Topliss-reactive ketones (excluding diaryl/α,β-unsaturated/α-hetero) is 1. The van der Waals surface area contributed by atoms with Gasteiger partial charge in [0.2, 0.25) is 5.91 Å². The van der Waals surface area contributed by atoms with E-state index < -0.39 is 5.25 Å². The highest BCUT2D eigenvalue weighted by Gasteiger charge is 2.33. The number of anilines is 1. The van der Waals surface area contributed by atoms with E-state index in [1.807, 2.05) is 47.8 Å². The summed E-state index contributed by atoms with van der Waals surface area (Å²) in [5.74, 6) is 0.644. The summed E-state index contributed by atoms with van der Waals surface area (Å²) in [6, 6.07) is 21.1. The van der Waals surface area contributed by atoms with E-state index >= 15 is 0 Å². The zero-order valence-electron chi connectivity index (χ0n) is 18.0. The molecule has 2 aromatic heterocycles. The van der Waals surface area contributed by atoms with E-state index in [-0.39, 0.29) is 11.7 Å². The number of nitrogens with one attached hydrogen (secondary N) is 1. The molecule has 2 aromatic carbocycles. The molecule has 1 aliphatic carbocycles. The molecule has 0 saturated heterocycles. The van der Waals surface area contributed by atoms with Gasteiger partial charge in [0.25, 0.3) is 0 Å². The Balaban J connectivity index is 1.47. The first kappa shape index (κ1) is 21.6. The molecule has 1 aliphatic rings. The van der Waals surface area contributed by atoms with Gasteiger partial charge in [0, 0.05) is 17.3 Å².